The zero-order valence-corrected chi connectivity index (χ0v) is 14.2. The highest BCUT2D eigenvalue weighted by molar-refractivity contribution is 5.91. The van der Waals surface area contributed by atoms with Crippen LogP contribution >= 0.6 is 0 Å². The van der Waals surface area contributed by atoms with Crippen molar-refractivity contribution in [1.82, 2.24) is 5.32 Å². The average Bonchev–Trinajstić information content (AvgIpc) is 2.48. The van der Waals surface area contributed by atoms with Crippen molar-refractivity contribution in [2.75, 3.05) is 0 Å². The van der Waals surface area contributed by atoms with E-state index < -0.39 is 0 Å². The lowest BCUT2D eigenvalue weighted by Gasteiger charge is -2.61. The van der Waals surface area contributed by atoms with E-state index >= 15 is 0 Å². The first kappa shape index (κ1) is 15.3. The molecule has 0 aromatic heterocycles. The number of rotatable bonds is 0. The molecule has 1 N–H and O–H groups in total. The van der Waals surface area contributed by atoms with Gasteiger partial charge in [-0.05, 0) is 55.8 Å². The number of ketones is 2. The van der Waals surface area contributed by atoms with E-state index in [0.29, 0.717) is 49.2 Å². The van der Waals surface area contributed by atoms with Gasteiger partial charge in [0, 0.05) is 37.1 Å². The van der Waals surface area contributed by atoms with E-state index in [1.54, 1.807) is 0 Å². The molecule has 0 aromatic carbocycles. The molecule has 4 fully saturated rings. The Hall–Kier alpha value is -1.19. The predicted octanol–water partition coefficient (Wildman–Crippen LogP) is 2.65. The van der Waals surface area contributed by atoms with Crippen molar-refractivity contribution in [3.63, 3.8) is 0 Å². The molecule has 23 heavy (non-hydrogen) atoms. The summed E-state index contributed by atoms with van der Waals surface area (Å²) < 4.78 is 0. The van der Waals surface area contributed by atoms with Gasteiger partial charge in [-0.1, -0.05) is 6.92 Å². The van der Waals surface area contributed by atoms with E-state index in [9.17, 15) is 14.4 Å². The molecule has 4 nitrogen and oxygen atoms in total. The molecule has 4 heteroatoms. The lowest BCUT2D eigenvalue weighted by Crippen LogP contribution is -2.64. The Morgan fingerprint density at radius 1 is 0.957 bits per heavy atom. The summed E-state index contributed by atoms with van der Waals surface area (Å²) in [6.07, 6.45) is 6.20. The molecule has 1 unspecified atom stereocenters. The highest BCUT2D eigenvalue weighted by atomic mass is 16.2. The smallest absolute Gasteiger partial charge is 0.220 e. The minimum absolute atomic E-state index is 0.00328. The number of nitrogens with one attached hydrogen (secondary N) is 1. The molecule has 6 atom stereocenters. The van der Waals surface area contributed by atoms with Crippen LogP contribution in [0.5, 0.6) is 0 Å². The highest BCUT2D eigenvalue weighted by Gasteiger charge is 2.60. The number of hydrogen-bond donors (Lipinski definition) is 1. The Kier molecular flexibility index (Phi) is 3.27. The first-order chi connectivity index (χ1) is 10.8. The van der Waals surface area contributed by atoms with Crippen molar-refractivity contribution in [1.29, 1.82) is 0 Å². The van der Waals surface area contributed by atoms with Crippen LogP contribution < -0.4 is 5.32 Å². The van der Waals surface area contributed by atoms with Crippen molar-refractivity contribution in [3.05, 3.63) is 0 Å². The van der Waals surface area contributed by atoms with Gasteiger partial charge in [0.05, 0.1) is 0 Å². The van der Waals surface area contributed by atoms with Crippen LogP contribution in [0.15, 0.2) is 0 Å². The van der Waals surface area contributed by atoms with Gasteiger partial charge in [-0.15, -0.1) is 0 Å². The summed E-state index contributed by atoms with van der Waals surface area (Å²) in [6.45, 7) is 4.44. The van der Waals surface area contributed by atoms with Crippen molar-refractivity contribution in [2.24, 2.45) is 29.1 Å². The highest BCUT2D eigenvalue weighted by Crippen LogP contribution is 2.61. The van der Waals surface area contributed by atoms with E-state index in [0.717, 1.165) is 25.7 Å². The number of piperidine rings is 1. The van der Waals surface area contributed by atoms with Gasteiger partial charge in [0.15, 0.2) is 0 Å². The summed E-state index contributed by atoms with van der Waals surface area (Å²) in [5.41, 5.74) is -0.138. The molecule has 1 heterocycles. The summed E-state index contributed by atoms with van der Waals surface area (Å²) in [4.78, 5) is 36.6. The zero-order chi connectivity index (χ0) is 16.4. The van der Waals surface area contributed by atoms with E-state index in [1.165, 1.54) is 0 Å². The van der Waals surface area contributed by atoms with Gasteiger partial charge in [-0.3, -0.25) is 14.4 Å². The van der Waals surface area contributed by atoms with Crippen molar-refractivity contribution < 1.29 is 14.4 Å². The molecular weight excluding hydrogens is 290 g/mol. The third-order valence-electron chi connectivity index (χ3n) is 7.78. The number of hydrogen-bond acceptors (Lipinski definition) is 3. The lowest BCUT2D eigenvalue weighted by atomic mass is 9.45. The first-order valence-electron chi connectivity index (χ1n) is 9.19. The van der Waals surface area contributed by atoms with Crippen LogP contribution in [-0.2, 0) is 14.4 Å². The molecule has 0 spiro atoms. The molecule has 1 saturated heterocycles. The first-order valence-corrected chi connectivity index (χ1v) is 9.19. The van der Waals surface area contributed by atoms with Gasteiger partial charge in [-0.2, -0.15) is 0 Å². The fourth-order valence-electron chi connectivity index (χ4n) is 6.51. The molecule has 4 rings (SSSR count). The Morgan fingerprint density at radius 2 is 1.74 bits per heavy atom. The van der Waals surface area contributed by atoms with E-state index in [4.69, 9.17) is 0 Å². The second-order valence-electron chi connectivity index (χ2n) is 8.89. The van der Waals surface area contributed by atoms with Crippen LogP contribution in [-0.4, -0.2) is 23.0 Å². The van der Waals surface area contributed by atoms with Crippen molar-refractivity contribution >= 4 is 17.5 Å². The number of carbonyl (C=O) groups excluding carboxylic acids is 3. The minimum atomic E-state index is -0.134. The quantitative estimate of drug-likeness (QED) is 0.747. The molecule has 1 amide bonds. The Labute approximate surface area is 137 Å². The molecule has 4 aliphatic rings. The summed E-state index contributed by atoms with van der Waals surface area (Å²) in [7, 11) is 0. The van der Waals surface area contributed by atoms with E-state index in [-0.39, 0.29) is 28.6 Å². The van der Waals surface area contributed by atoms with Crippen LogP contribution in [0.4, 0.5) is 0 Å². The summed E-state index contributed by atoms with van der Waals surface area (Å²) in [5, 5.41) is 3.23. The summed E-state index contributed by atoms with van der Waals surface area (Å²) in [6, 6.07) is 0. The maximum absolute atomic E-state index is 12.8. The molecule has 126 valence electrons. The standard InChI is InChI=1S/C19H27NO3/c1-18-7-5-11(21)9-15(18)16(22)10-12-13(18)6-8-19(2)14(12)3-4-17(23)20-19/h12-15H,3-10H2,1-2H3,(H,20,23)/t12-,13+,14+,15?,18-,19+/m1/s1. The zero-order valence-electron chi connectivity index (χ0n) is 14.2. The van der Waals surface area contributed by atoms with Crippen LogP contribution in [0.2, 0.25) is 0 Å². The third kappa shape index (κ3) is 2.13. The molecule has 0 bridgehead atoms. The SMILES string of the molecule is C[C@]12CCC(=O)CC1C(=O)C[C@@H]1[C@@H]2CC[C@]2(C)NC(=O)CC[C@@H]12. The molecule has 3 aliphatic carbocycles. The maximum atomic E-state index is 12.8. The van der Waals surface area contributed by atoms with Crippen LogP contribution in [0, 0.1) is 29.1 Å². The van der Waals surface area contributed by atoms with Gasteiger partial charge in [0.25, 0.3) is 0 Å². The molecule has 0 radical (unpaired) electrons. The van der Waals surface area contributed by atoms with Gasteiger partial charge < -0.3 is 5.32 Å². The average molecular weight is 317 g/mol. The number of Topliss-reactive ketones (excluding diaryl/α,β-unsaturated/α-hetero) is 2. The third-order valence-corrected chi connectivity index (χ3v) is 7.78. The Morgan fingerprint density at radius 3 is 2.52 bits per heavy atom. The summed E-state index contributed by atoms with van der Waals surface area (Å²) >= 11 is 0. The predicted molar refractivity (Wildman–Crippen MR) is 85.6 cm³/mol. The van der Waals surface area contributed by atoms with Crippen LogP contribution in [0.3, 0.4) is 0 Å². The molecule has 3 saturated carbocycles. The molecule has 0 aromatic rings. The second kappa shape index (κ2) is 4.90. The number of amides is 1. The molecular formula is C19H27NO3. The Balaban J connectivity index is 1.68. The molecule has 1 aliphatic heterocycles. The van der Waals surface area contributed by atoms with Crippen LogP contribution in [0.25, 0.3) is 0 Å². The largest absolute Gasteiger partial charge is 0.351 e. The van der Waals surface area contributed by atoms with Gasteiger partial charge in [0.2, 0.25) is 5.91 Å². The van der Waals surface area contributed by atoms with Gasteiger partial charge >= 0.3 is 0 Å². The van der Waals surface area contributed by atoms with Crippen LogP contribution in [0.1, 0.15) is 65.2 Å². The lowest BCUT2D eigenvalue weighted by molar-refractivity contribution is -0.159. The normalized spacial score (nSPS) is 49.7. The fourth-order valence-corrected chi connectivity index (χ4v) is 6.51. The van der Waals surface area contributed by atoms with Crippen molar-refractivity contribution in [2.45, 2.75) is 70.8 Å². The number of carbonyl (C=O) groups is 3. The number of fused-ring (bicyclic) bond motifs is 5. The van der Waals surface area contributed by atoms with Gasteiger partial charge in [-0.25, -0.2) is 0 Å². The minimum Gasteiger partial charge on any atom is -0.351 e. The van der Waals surface area contributed by atoms with E-state index in [1.807, 2.05) is 0 Å². The van der Waals surface area contributed by atoms with E-state index in [2.05, 4.69) is 19.2 Å². The topological polar surface area (TPSA) is 63.2 Å². The maximum Gasteiger partial charge on any atom is 0.220 e. The Bertz CT molecular complexity index is 585. The fraction of sp³-hybridized carbons (Fsp3) is 0.842. The van der Waals surface area contributed by atoms with Crippen molar-refractivity contribution in [3.8, 4) is 0 Å². The summed E-state index contributed by atoms with van der Waals surface area (Å²) in [5.74, 6) is 2.03. The monoisotopic (exact) mass is 317 g/mol. The van der Waals surface area contributed by atoms with Gasteiger partial charge in [0.1, 0.15) is 11.6 Å². The second-order valence-corrected chi connectivity index (χ2v) is 8.89.